The Kier molecular flexibility index (Phi) is 6.44. The van der Waals surface area contributed by atoms with E-state index in [1.807, 2.05) is 0 Å². The average molecular weight is 521 g/mol. The molecule has 5 aromatic rings. The highest BCUT2D eigenvalue weighted by Gasteiger charge is 2.56. The lowest BCUT2D eigenvalue weighted by atomic mass is 10.3. The van der Waals surface area contributed by atoms with Crippen LogP contribution in [0.25, 0.3) is 0 Å². The highest BCUT2D eigenvalue weighted by molar-refractivity contribution is 7.31. The molecule has 0 aliphatic carbocycles. The van der Waals surface area contributed by atoms with Crippen molar-refractivity contribution in [1.82, 2.24) is 0 Å². The van der Waals surface area contributed by atoms with Gasteiger partial charge in [-0.1, -0.05) is 158 Å². The quantitative estimate of drug-likeness (QED) is 0.244. The molecule has 184 valence electrons. The molecule has 0 bridgehead atoms. The van der Waals surface area contributed by atoms with Gasteiger partial charge in [-0.2, -0.15) is 0 Å². The van der Waals surface area contributed by atoms with Crippen molar-refractivity contribution in [2.75, 3.05) is 0 Å². The fourth-order valence-electron chi connectivity index (χ4n) is 6.82. The normalized spacial score (nSPS) is 15.6. The monoisotopic (exact) mass is 520 g/mol. The van der Waals surface area contributed by atoms with Crippen LogP contribution in [0.3, 0.4) is 0 Å². The van der Waals surface area contributed by atoms with E-state index in [-0.39, 0.29) is 0 Å². The van der Waals surface area contributed by atoms with Crippen molar-refractivity contribution in [3.63, 3.8) is 0 Å². The number of hydrogen-bond acceptors (Lipinski definition) is 0. The second kappa shape index (κ2) is 10.1. The van der Waals surface area contributed by atoms with Crippen molar-refractivity contribution in [3.8, 4) is 0 Å². The Bertz CT molecular complexity index is 1530. The minimum absolute atomic E-state index is 1.44. The van der Waals surface area contributed by atoms with E-state index in [2.05, 4.69) is 172 Å². The first-order valence-electron chi connectivity index (χ1n) is 13.5. The van der Waals surface area contributed by atoms with Gasteiger partial charge in [0.1, 0.15) is 0 Å². The van der Waals surface area contributed by atoms with E-state index in [1.165, 1.54) is 41.5 Å². The van der Waals surface area contributed by atoms with Crippen molar-refractivity contribution in [1.29, 1.82) is 0 Å². The van der Waals surface area contributed by atoms with Gasteiger partial charge in [-0.15, -0.1) is 0 Å². The maximum absolute atomic E-state index is 2.60. The van der Waals surface area contributed by atoms with E-state index in [4.69, 9.17) is 0 Å². The second-order valence-electron chi connectivity index (χ2n) is 9.93. The molecule has 0 unspecified atom stereocenters. The highest BCUT2D eigenvalue weighted by Crippen LogP contribution is 2.23. The van der Waals surface area contributed by atoms with E-state index in [0.29, 0.717) is 0 Å². The fourth-order valence-corrected chi connectivity index (χ4v) is 19.1. The van der Waals surface area contributed by atoms with Crippen molar-refractivity contribution >= 4 is 52.5 Å². The Morgan fingerprint density at radius 1 is 0.447 bits per heavy atom. The summed E-state index contributed by atoms with van der Waals surface area (Å²) < 4.78 is 0. The number of hydrogen-bond donors (Lipinski definition) is 0. The zero-order valence-electron chi connectivity index (χ0n) is 22.0. The minimum atomic E-state index is -2.60. The van der Waals surface area contributed by atoms with Crippen LogP contribution in [0.15, 0.2) is 163 Å². The molecule has 0 saturated carbocycles. The first-order valence-corrected chi connectivity index (χ1v) is 17.5. The molecule has 0 radical (unpaired) electrons. The second-order valence-corrected chi connectivity index (χ2v) is 17.4. The van der Waals surface area contributed by atoms with Crippen LogP contribution in [-0.2, 0) is 0 Å². The first kappa shape index (κ1) is 24.4. The van der Waals surface area contributed by atoms with Gasteiger partial charge >= 0.3 is 0 Å². The van der Waals surface area contributed by atoms with Gasteiger partial charge in [0.05, 0.1) is 0 Å². The third kappa shape index (κ3) is 3.41. The lowest BCUT2D eigenvalue weighted by molar-refractivity contribution is 1.59. The molecule has 1 heterocycles. The summed E-state index contributed by atoms with van der Waals surface area (Å²) in [5.41, 5.74) is 0. The molecule has 2 heteroatoms. The highest BCUT2D eigenvalue weighted by atomic mass is 28.3. The Morgan fingerprint density at radius 2 is 0.816 bits per heavy atom. The van der Waals surface area contributed by atoms with Crippen LogP contribution in [0, 0.1) is 0 Å². The van der Waals surface area contributed by atoms with Crippen molar-refractivity contribution in [2.45, 2.75) is 13.8 Å². The summed E-state index contributed by atoms with van der Waals surface area (Å²) in [7, 11) is -5.19. The maximum Gasteiger partial charge on any atom is 0.179 e. The molecule has 1 aliphatic rings. The summed E-state index contributed by atoms with van der Waals surface area (Å²) in [6, 6.07) is 52.8. The number of fused-ring (bicyclic) bond motifs is 2. The molecule has 5 aromatic carbocycles. The van der Waals surface area contributed by atoms with Crippen molar-refractivity contribution in [2.24, 2.45) is 0 Å². The van der Waals surface area contributed by atoms with Crippen LogP contribution < -0.4 is 36.3 Å². The molecule has 0 saturated heterocycles. The summed E-state index contributed by atoms with van der Waals surface area (Å²) in [6.07, 6.45) is 6.95. The lowest BCUT2D eigenvalue weighted by Crippen LogP contribution is -2.91. The van der Waals surface area contributed by atoms with Gasteiger partial charge in [0, 0.05) is 0 Å². The lowest BCUT2D eigenvalue weighted by Gasteiger charge is -2.49. The Labute approximate surface area is 228 Å². The molecular weight excluding hydrogens is 489 g/mol. The summed E-state index contributed by atoms with van der Waals surface area (Å²) in [6.45, 7) is 4.36. The molecule has 0 amide bonds. The van der Waals surface area contributed by atoms with Gasteiger partial charge in [0.15, 0.2) is 16.1 Å². The molecule has 0 nitrogen and oxygen atoms in total. The van der Waals surface area contributed by atoms with Crippen LogP contribution >= 0.6 is 0 Å². The van der Waals surface area contributed by atoms with Gasteiger partial charge in [0.2, 0.25) is 0 Å². The summed E-state index contributed by atoms with van der Waals surface area (Å²) in [5, 5.41) is 11.9. The van der Waals surface area contributed by atoms with E-state index < -0.39 is 16.1 Å². The molecule has 38 heavy (non-hydrogen) atoms. The fraction of sp³-hybridized carbons (Fsp3) is 0.0556. The maximum atomic E-state index is 2.45. The van der Waals surface area contributed by atoms with Crippen LogP contribution in [0.2, 0.25) is 0 Å². The third-order valence-electron chi connectivity index (χ3n) is 8.18. The molecule has 1 aliphatic heterocycles. The molecule has 0 atom stereocenters. The Hall–Kier alpha value is -3.99. The van der Waals surface area contributed by atoms with Crippen molar-refractivity contribution < 1.29 is 0 Å². The summed E-state index contributed by atoms with van der Waals surface area (Å²) >= 11 is 0. The van der Waals surface area contributed by atoms with Crippen LogP contribution in [0.1, 0.15) is 13.8 Å². The van der Waals surface area contributed by atoms with Gasteiger partial charge in [0.25, 0.3) is 0 Å². The van der Waals surface area contributed by atoms with Crippen LogP contribution in [0.5, 0.6) is 0 Å². The molecule has 0 N–H and O–H groups in total. The first-order chi connectivity index (χ1) is 18.8. The standard InChI is InChI=1S/C36H32Si2/c1-3-18-29(4-2)37(30-19-8-5-9-20-30)33-25-14-16-27-35(33)38(31-21-10-6-11-22-31,32-23-12-7-13-24-32)36-28-17-15-26-34(36)37/h3-28H,1-2H3. The van der Waals surface area contributed by atoms with Gasteiger partial charge < -0.3 is 0 Å². The van der Waals surface area contributed by atoms with Crippen LogP contribution in [0.4, 0.5) is 0 Å². The van der Waals surface area contributed by atoms with Gasteiger partial charge in [-0.3, -0.25) is 0 Å². The smallest absolute Gasteiger partial charge is 0.0877 e. The third-order valence-corrected chi connectivity index (χ3v) is 18.6. The van der Waals surface area contributed by atoms with E-state index >= 15 is 0 Å². The van der Waals surface area contributed by atoms with Crippen molar-refractivity contribution in [3.05, 3.63) is 163 Å². The Morgan fingerprint density at radius 3 is 1.21 bits per heavy atom. The van der Waals surface area contributed by atoms with Gasteiger partial charge in [-0.05, 0) is 55.4 Å². The van der Waals surface area contributed by atoms with E-state index in [1.54, 1.807) is 0 Å². The number of benzene rings is 5. The SMILES string of the molecule is CC=CC(=CC)[Si]1(c2ccccc2)c2ccccc2[Si](c2ccccc2)(c2ccccc2)c2ccccc21. The largest absolute Gasteiger partial charge is 0.179 e. The zero-order valence-corrected chi connectivity index (χ0v) is 24.0. The molecule has 6 rings (SSSR count). The van der Waals surface area contributed by atoms with Crippen LogP contribution in [-0.4, -0.2) is 16.1 Å². The Balaban J connectivity index is 1.88. The molecule has 0 spiro atoms. The topological polar surface area (TPSA) is 0 Å². The summed E-state index contributed by atoms with van der Waals surface area (Å²) in [4.78, 5) is 0. The van der Waals surface area contributed by atoms with E-state index in [9.17, 15) is 0 Å². The summed E-state index contributed by atoms with van der Waals surface area (Å²) in [5.74, 6) is 0. The number of rotatable bonds is 5. The predicted octanol–water partition coefficient (Wildman–Crippen LogP) is 3.91. The average Bonchev–Trinajstić information content (AvgIpc) is 3.00. The number of allylic oxidation sites excluding steroid dienone is 4. The zero-order chi connectivity index (χ0) is 26.0. The van der Waals surface area contributed by atoms with E-state index in [0.717, 1.165) is 0 Å². The predicted molar refractivity (Wildman–Crippen MR) is 170 cm³/mol. The molecular formula is C36H32Si2. The van der Waals surface area contributed by atoms with Gasteiger partial charge in [-0.25, -0.2) is 0 Å². The molecule has 0 fully saturated rings. The minimum Gasteiger partial charge on any atom is -0.0877 e. The molecule has 0 aromatic heterocycles.